The van der Waals surface area contributed by atoms with Gasteiger partial charge in [0.2, 0.25) is 5.95 Å². The monoisotopic (exact) mass is 659 g/mol. The van der Waals surface area contributed by atoms with Crippen molar-refractivity contribution in [3.05, 3.63) is 87.6 Å². The predicted molar refractivity (Wildman–Crippen MR) is 168 cm³/mol. The Morgan fingerprint density at radius 2 is 1.57 bits per heavy atom. The van der Waals surface area contributed by atoms with Crippen LogP contribution in [0, 0.1) is 18.8 Å². The lowest BCUT2D eigenvalue weighted by molar-refractivity contribution is -0.143. The molecule has 0 atom stereocenters. The maximum atomic E-state index is 14.0. The fourth-order valence-corrected chi connectivity index (χ4v) is 4.97. The van der Waals surface area contributed by atoms with Crippen LogP contribution in [-0.2, 0) is 18.9 Å². The number of nitrogens with one attached hydrogen (secondary N) is 2. The zero-order valence-electron chi connectivity index (χ0n) is 26.6. The molecule has 0 aliphatic carbocycles. The molecule has 0 bridgehead atoms. The highest BCUT2D eigenvalue weighted by atomic mass is 19.4. The molecular formula is C33H35F6N7O. The number of rotatable bonds is 5. The highest BCUT2D eigenvalue weighted by Gasteiger charge is 2.37. The van der Waals surface area contributed by atoms with Crippen molar-refractivity contribution in [2.24, 2.45) is 0 Å². The molecule has 0 spiro atoms. The topological polar surface area (TPSA) is 77.8 Å². The van der Waals surface area contributed by atoms with Crippen molar-refractivity contribution in [1.82, 2.24) is 24.4 Å². The first-order valence-electron chi connectivity index (χ1n) is 14.9. The number of hydrogen-bond acceptors (Lipinski definition) is 6. The van der Waals surface area contributed by atoms with Crippen molar-refractivity contribution in [3.8, 4) is 11.8 Å². The Balaban J connectivity index is 0.00000245. The predicted octanol–water partition coefficient (Wildman–Crippen LogP) is 6.54. The van der Waals surface area contributed by atoms with Gasteiger partial charge in [-0.2, -0.15) is 31.3 Å². The van der Waals surface area contributed by atoms with Crippen LogP contribution in [0.25, 0.3) is 5.65 Å². The summed E-state index contributed by atoms with van der Waals surface area (Å²) in [6, 6.07) is 10.7. The number of aryl methyl sites for hydroxylation is 1. The molecule has 1 aliphatic rings. The van der Waals surface area contributed by atoms with Crippen molar-refractivity contribution < 1.29 is 31.1 Å². The molecule has 14 heteroatoms. The molecule has 0 unspecified atom stereocenters. The van der Waals surface area contributed by atoms with Gasteiger partial charge in [0.25, 0.3) is 5.91 Å². The van der Waals surface area contributed by atoms with Crippen LogP contribution in [0.15, 0.2) is 48.5 Å². The number of benzene rings is 2. The summed E-state index contributed by atoms with van der Waals surface area (Å²) in [4.78, 5) is 21.1. The minimum atomic E-state index is -4.80. The number of fused-ring (bicyclic) bond motifs is 1. The van der Waals surface area contributed by atoms with Gasteiger partial charge < -0.3 is 15.5 Å². The molecule has 2 aromatic heterocycles. The largest absolute Gasteiger partial charge is 0.434 e. The van der Waals surface area contributed by atoms with E-state index in [0.717, 1.165) is 19.2 Å². The Bertz CT molecular complexity index is 1800. The number of hydrogen-bond donors (Lipinski definition) is 2. The van der Waals surface area contributed by atoms with Crippen LogP contribution in [0.3, 0.4) is 0 Å². The van der Waals surface area contributed by atoms with Crippen LogP contribution in [0.4, 0.5) is 38.0 Å². The first-order chi connectivity index (χ1) is 22.2. The Morgan fingerprint density at radius 1 is 0.894 bits per heavy atom. The Morgan fingerprint density at radius 3 is 2.21 bits per heavy atom. The molecule has 1 fully saturated rings. The summed E-state index contributed by atoms with van der Waals surface area (Å²) in [5.74, 6) is 4.55. The number of halogens is 6. The summed E-state index contributed by atoms with van der Waals surface area (Å²) in [5.41, 5.74) is -1.32. The van der Waals surface area contributed by atoms with Gasteiger partial charge in [0.15, 0.2) is 11.3 Å². The van der Waals surface area contributed by atoms with Gasteiger partial charge >= 0.3 is 12.4 Å². The molecule has 1 amide bonds. The Hall–Kier alpha value is -4.61. The third-order valence-corrected chi connectivity index (χ3v) is 7.48. The van der Waals surface area contributed by atoms with Gasteiger partial charge in [-0.25, -0.2) is 4.52 Å². The minimum Gasteiger partial charge on any atom is -0.356 e. The van der Waals surface area contributed by atoms with Crippen LogP contribution < -0.4 is 10.6 Å². The van der Waals surface area contributed by atoms with E-state index in [1.807, 2.05) is 25.8 Å². The molecular weight excluding hydrogens is 624 g/mol. The number of likely N-dealkylation sites (N-methyl/N-ethyl adjacent to an activating group) is 1. The number of carbonyl (C=O) groups is 1. The number of alkyl halides is 6. The standard InChI is InChI=1S/C31H29F6N7O.C2H6/c1-19-4-5-22(16-21(19)7-6-20-9-11-26-40-29(38-2)41-44(26)27(20)31(35,36)37)28(45)39-24-10-8-23(25(17-24)30(32,33)34)18-43-14-12-42(3)13-15-43;1-2/h4-5,8-11,16-17H,12-15,18H2,1-3H3,(H,38,41)(H,39,45);1-2H3. The van der Waals surface area contributed by atoms with Crippen LogP contribution in [0.2, 0.25) is 0 Å². The molecule has 4 aromatic rings. The summed E-state index contributed by atoms with van der Waals surface area (Å²) in [5, 5.41) is 8.95. The van der Waals surface area contributed by atoms with Crippen molar-refractivity contribution in [2.75, 3.05) is 50.9 Å². The molecule has 1 saturated heterocycles. The second-order valence-electron chi connectivity index (χ2n) is 10.7. The molecule has 47 heavy (non-hydrogen) atoms. The van der Waals surface area contributed by atoms with E-state index in [2.05, 4.69) is 37.5 Å². The van der Waals surface area contributed by atoms with Gasteiger partial charge in [-0.05, 0) is 61.5 Å². The van der Waals surface area contributed by atoms with E-state index in [1.54, 1.807) is 13.0 Å². The SMILES string of the molecule is CC.CNc1nc2ccc(C#Cc3cc(C(=O)Nc4ccc(CN5CCN(C)CC5)c(C(F)(F)F)c4)ccc3C)c(C(F)(F)F)n2n1. The summed E-state index contributed by atoms with van der Waals surface area (Å²) in [6.07, 6.45) is -9.43. The maximum absolute atomic E-state index is 14.0. The Kier molecular flexibility index (Phi) is 10.8. The zero-order valence-corrected chi connectivity index (χ0v) is 26.6. The molecule has 2 N–H and O–H groups in total. The van der Waals surface area contributed by atoms with E-state index in [1.165, 1.54) is 43.4 Å². The van der Waals surface area contributed by atoms with E-state index < -0.39 is 29.5 Å². The van der Waals surface area contributed by atoms with Crippen molar-refractivity contribution in [2.45, 2.75) is 39.7 Å². The van der Waals surface area contributed by atoms with Crippen molar-refractivity contribution in [3.63, 3.8) is 0 Å². The third-order valence-electron chi connectivity index (χ3n) is 7.48. The van der Waals surface area contributed by atoms with Gasteiger partial charge in [0.1, 0.15) is 0 Å². The summed E-state index contributed by atoms with van der Waals surface area (Å²) >= 11 is 0. The first kappa shape index (κ1) is 35.2. The van der Waals surface area contributed by atoms with E-state index in [0.29, 0.717) is 23.2 Å². The van der Waals surface area contributed by atoms with Crippen molar-refractivity contribution >= 4 is 23.2 Å². The molecule has 3 heterocycles. The number of aromatic nitrogens is 3. The second kappa shape index (κ2) is 14.4. The van der Waals surface area contributed by atoms with Gasteiger partial charge in [0.05, 0.1) is 11.1 Å². The molecule has 250 valence electrons. The van der Waals surface area contributed by atoms with Gasteiger partial charge in [0, 0.05) is 56.6 Å². The van der Waals surface area contributed by atoms with Crippen molar-refractivity contribution in [1.29, 1.82) is 0 Å². The van der Waals surface area contributed by atoms with Gasteiger partial charge in [-0.15, -0.1) is 5.10 Å². The number of piperazine rings is 1. The smallest absolute Gasteiger partial charge is 0.356 e. The van der Waals surface area contributed by atoms with Crippen LogP contribution in [0.5, 0.6) is 0 Å². The number of amides is 1. The average Bonchev–Trinajstić information content (AvgIpc) is 3.45. The fourth-order valence-electron chi connectivity index (χ4n) is 4.97. The van der Waals surface area contributed by atoms with Crippen LogP contribution >= 0.6 is 0 Å². The lowest BCUT2D eigenvalue weighted by atomic mass is 10.0. The highest BCUT2D eigenvalue weighted by molar-refractivity contribution is 6.04. The lowest BCUT2D eigenvalue weighted by Crippen LogP contribution is -2.44. The van der Waals surface area contributed by atoms with Gasteiger partial charge in [-0.3, -0.25) is 9.69 Å². The second-order valence-corrected chi connectivity index (χ2v) is 10.7. The van der Waals surface area contributed by atoms with E-state index >= 15 is 0 Å². The minimum absolute atomic E-state index is 0.00666. The van der Waals surface area contributed by atoms with Gasteiger partial charge in [-0.1, -0.05) is 37.8 Å². The number of pyridine rings is 1. The first-order valence-corrected chi connectivity index (χ1v) is 14.9. The van der Waals surface area contributed by atoms with E-state index in [-0.39, 0.29) is 46.1 Å². The summed E-state index contributed by atoms with van der Waals surface area (Å²) in [6.45, 7) is 8.62. The molecule has 5 rings (SSSR count). The normalized spacial score (nSPS) is 14.2. The fraction of sp³-hybridized carbons (Fsp3) is 0.364. The Labute approximate surface area is 268 Å². The number of carbonyl (C=O) groups excluding carboxylic acids is 1. The molecule has 0 radical (unpaired) electrons. The average molecular weight is 660 g/mol. The summed E-state index contributed by atoms with van der Waals surface area (Å²) < 4.78 is 84.7. The van der Waals surface area contributed by atoms with Crippen LogP contribution in [-0.4, -0.2) is 70.6 Å². The molecule has 1 aliphatic heterocycles. The zero-order chi connectivity index (χ0) is 34.5. The third kappa shape index (κ3) is 8.41. The van der Waals surface area contributed by atoms with Crippen LogP contribution in [0.1, 0.15) is 57.7 Å². The highest BCUT2D eigenvalue weighted by Crippen LogP contribution is 2.35. The lowest BCUT2D eigenvalue weighted by Gasteiger charge is -2.33. The maximum Gasteiger partial charge on any atom is 0.434 e. The quantitative estimate of drug-likeness (QED) is 0.187. The van der Waals surface area contributed by atoms with E-state index in [9.17, 15) is 31.1 Å². The summed E-state index contributed by atoms with van der Waals surface area (Å²) in [7, 11) is 3.44. The number of nitrogens with zero attached hydrogens (tertiary/aromatic N) is 5. The molecule has 0 saturated carbocycles. The molecule has 8 nitrogen and oxygen atoms in total. The molecule has 2 aromatic carbocycles. The number of anilines is 2. The van der Waals surface area contributed by atoms with E-state index in [4.69, 9.17) is 0 Å².